The fourth-order valence-corrected chi connectivity index (χ4v) is 1.64. The Hall–Kier alpha value is -0.980. The van der Waals surface area contributed by atoms with Crippen LogP contribution in [0.3, 0.4) is 0 Å². The molecular weight excluding hydrogens is 204 g/mol. The summed E-state index contributed by atoms with van der Waals surface area (Å²) in [4.78, 5) is 9.96. The Morgan fingerprint density at radius 1 is 1.79 bits per heavy atom. The molecule has 0 aliphatic heterocycles. The highest BCUT2D eigenvalue weighted by Gasteiger charge is 2.09. The SMILES string of the molecule is C[C@@H](CO)NCc1csc([N+](=O)[O-])c1. The molecular formula is C8H12N2O3S. The van der Waals surface area contributed by atoms with E-state index in [1.54, 1.807) is 11.4 Å². The molecule has 0 radical (unpaired) electrons. The Morgan fingerprint density at radius 3 is 3.00 bits per heavy atom. The molecule has 1 rings (SSSR count). The van der Waals surface area contributed by atoms with E-state index in [1.807, 2.05) is 6.92 Å². The van der Waals surface area contributed by atoms with Gasteiger partial charge in [0, 0.05) is 24.0 Å². The summed E-state index contributed by atoms with van der Waals surface area (Å²) in [6.07, 6.45) is 0. The van der Waals surface area contributed by atoms with Crippen molar-refractivity contribution in [2.45, 2.75) is 19.5 Å². The third-order valence-corrected chi connectivity index (χ3v) is 2.68. The minimum Gasteiger partial charge on any atom is -0.395 e. The minimum absolute atomic E-state index is 0.00829. The Kier molecular flexibility index (Phi) is 3.99. The van der Waals surface area contributed by atoms with Gasteiger partial charge in [-0.15, -0.1) is 0 Å². The molecule has 14 heavy (non-hydrogen) atoms. The molecule has 5 nitrogen and oxygen atoms in total. The maximum Gasteiger partial charge on any atom is 0.324 e. The van der Waals surface area contributed by atoms with Crippen molar-refractivity contribution in [1.29, 1.82) is 0 Å². The van der Waals surface area contributed by atoms with Crippen LogP contribution in [-0.2, 0) is 6.54 Å². The van der Waals surface area contributed by atoms with Gasteiger partial charge in [-0.1, -0.05) is 11.3 Å². The smallest absolute Gasteiger partial charge is 0.324 e. The Morgan fingerprint density at radius 2 is 2.50 bits per heavy atom. The first-order valence-corrected chi connectivity index (χ1v) is 5.07. The number of nitrogens with one attached hydrogen (secondary N) is 1. The van der Waals surface area contributed by atoms with Crippen molar-refractivity contribution in [3.05, 3.63) is 27.1 Å². The molecule has 0 saturated heterocycles. The molecule has 0 unspecified atom stereocenters. The van der Waals surface area contributed by atoms with E-state index in [4.69, 9.17) is 5.11 Å². The number of aliphatic hydroxyl groups is 1. The Balaban J connectivity index is 2.48. The zero-order valence-corrected chi connectivity index (χ0v) is 8.58. The summed E-state index contributed by atoms with van der Waals surface area (Å²) in [5.41, 5.74) is 0.877. The lowest BCUT2D eigenvalue weighted by molar-refractivity contribution is -0.380. The first kappa shape index (κ1) is 11.1. The fourth-order valence-electron chi connectivity index (χ4n) is 0.908. The zero-order chi connectivity index (χ0) is 10.6. The van der Waals surface area contributed by atoms with Crippen LogP contribution in [0.1, 0.15) is 12.5 Å². The van der Waals surface area contributed by atoms with Crippen molar-refractivity contribution < 1.29 is 10.0 Å². The molecule has 0 spiro atoms. The second kappa shape index (κ2) is 5.04. The molecule has 0 amide bonds. The lowest BCUT2D eigenvalue weighted by Gasteiger charge is -2.08. The zero-order valence-electron chi connectivity index (χ0n) is 7.77. The molecule has 0 fully saturated rings. The van der Waals surface area contributed by atoms with Crippen LogP contribution in [0.2, 0.25) is 0 Å². The van der Waals surface area contributed by atoms with Crippen LogP contribution in [-0.4, -0.2) is 22.7 Å². The molecule has 6 heteroatoms. The average Bonchev–Trinajstić information content (AvgIpc) is 2.62. The minimum atomic E-state index is -0.399. The lowest BCUT2D eigenvalue weighted by atomic mass is 10.3. The summed E-state index contributed by atoms with van der Waals surface area (Å²) in [5, 5.41) is 24.0. The van der Waals surface area contributed by atoms with E-state index < -0.39 is 4.92 Å². The highest BCUT2D eigenvalue weighted by atomic mass is 32.1. The molecule has 1 aromatic rings. The van der Waals surface area contributed by atoms with Crippen molar-refractivity contribution in [2.75, 3.05) is 6.61 Å². The molecule has 0 saturated carbocycles. The first-order valence-electron chi connectivity index (χ1n) is 4.19. The Labute approximate surface area is 85.5 Å². The quantitative estimate of drug-likeness (QED) is 0.571. The summed E-state index contributed by atoms with van der Waals surface area (Å²) in [5.74, 6) is 0. The second-order valence-electron chi connectivity index (χ2n) is 3.01. The number of nitrogens with zero attached hydrogens (tertiary/aromatic N) is 1. The maximum absolute atomic E-state index is 10.4. The summed E-state index contributed by atoms with van der Waals surface area (Å²) in [6.45, 7) is 2.46. The number of hydrogen-bond acceptors (Lipinski definition) is 5. The van der Waals surface area contributed by atoms with E-state index >= 15 is 0 Å². The molecule has 1 aromatic heterocycles. The van der Waals surface area contributed by atoms with E-state index in [2.05, 4.69) is 5.32 Å². The number of nitro groups is 1. The van der Waals surface area contributed by atoms with Crippen molar-refractivity contribution >= 4 is 16.3 Å². The standard InChI is InChI=1S/C8H12N2O3S/c1-6(4-11)9-3-7-2-8(10(12)13)14-5-7/h2,5-6,9,11H,3-4H2,1H3/t6-/m0/s1. The molecule has 78 valence electrons. The predicted octanol–water partition coefficient (Wildman–Crippen LogP) is 1.13. The highest BCUT2D eigenvalue weighted by molar-refractivity contribution is 7.13. The molecule has 0 bridgehead atoms. The Bertz CT molecular complexity index is 313. The van der Waals surface area contributed by atoms with Crippen LogP contribution < -0.4 is 5.32 Å². The van der Waals surface area contributed by atoms with Gasteiger partial charge in [-0.25, -0.2) is 0 Å². The van der Waals surface area contributed by atoms with Gasteiger partial charge < -0.3 is 10.4 Å². The van der Waals surface area contributed by atoms with Crippen LogP contribution in [0.25, 0.3) is 0 Å². The number of rotatable bonds is 5. The van der Waals surface area contributed by atoms with Gasteiger partial charge in [0.1, 0.15) is 0 Å². The fraction of sp³-hybridized carbons (Fsp3) is 0.500. The van der Waals surface area contributed by atoms with Gasteiger partial charge in [0.15, 0.2) is 0 Å². The van der Waals surface area contributed by atoms with Gasteiger partial charge in [-0.05, 0) is 12.5 Å². The van der Waals surface area contributed by atoms with Crippen molar-refractivity contribution in [1.82, 2.24) is 5.32 Å². The van der Waals surface area contributed by atoms with Crippen LogP contribution in [0.15, 0.2) is 11.4 Å². The third-order valence-electron chi connectivity index (χ3n) is 1.75. The molecule has 0 aromatic carbocycles. The maximum atomic E-state index is 10.4. The number of aliphatic hydroxyl groups excluding tert-OH is 1. The van der Waals surface area contributed by atoms with Gasteiger partial charge >= 0.3 is 5.00 Å². The first-order chi connectivity index (χ1) is 6.63. The van der Waals surface area contributed by atoms with Gasteiger partial charge in [-0.3, -0.25) is 10.1 Å². The molecule has 1 atom stereocenters. The van der Waals surface area contributed by atoms with E-state index in [-0.39, 0.29) is 17.6 Å². The van der Waals surface area contributed by atoms with Crippen LogP contribution in [0, 0.1) is 10.1 Å². The average molecular weight is 216 g/mol. The summed E-state index contributed by atoms with van der Waals surface area (Å²) < 4.78 is 0. The van der Waals surface area contributed by atoms with Gasteiger partial charge in [0.05, 0.1) is 11.5 Å². The van der Waals surface area contributed by atoms with E-state index in [9.17, 15) is 10.1 Å². The van der Waals surface area contributed by atoms with E-state index in [1.165, 1.54) is 0 Å². The summed E-state index contributed by atoms with van der Waals surface area (Å²) >= 11 is 1.12. The van der Waals surface area contributed by atoms with Gasteiger partial charge in [0.25, 0.3) is 0 Å². The second-order valence-corrected chi connectivity index (χ2v) is 3.90. The van der Waals surface area contributed by atoms with E-state index in [0.29, 0.717) is 6.54 Å². The highest BCUT2D eigenvalue weighted by Crippen LogP contribution is 2.22. The molecule has 1 heterocycles. The summed E-state index contributed by atoms with van der Waals surface area (Å²) in [6, 6.07) is 1.55. The monoisotopic (exact) mass is 216 g/mol. The van der Waals surface area contributed by atoms with Crippen LogP contribution in [0.4, 0.5) is 5.00 Å². The number of thiophene rings is 1. The van der Waals surface area contributed by atoms with Crippen molar-refractivity contribution in [3.8, 4) is 0 Å². The molecule has 2 N–H and O–H groups in total. The van der Waals surface area contributed by atoms with Crippen molar-refractivity contribution in [2.24, 2.45) is 0 Å². The van der Waals surface area contributed by atoms with E-state index in [0.717, 1.165) is 16.9 Å². The largest absolute Gasteiger partial charge is 0.395 e. The summed E-state index contributed by atoms with van der Waals surface area (Å²) in [7, 11) is 0. The van der Waals surface area contributed by atoms with Gasteiger partial charge in [0.2, 0.25) is 0 Å². The van der Waals surface area contributed by atoms with Crippen LogP contribution >= 0.6 is 11.3 Å². The normalized spacial score (nSPS) is 12.7. The molecule has 0 aliphatic rings. The van der Waals surface area contributed by atoms with Gasteiger partial charge in [-0.2, -0.15) is 0 Å². The van der Waals surface area contributed by atoms with Crippen molar-refractivity contribution in [3.63, 3.8) is 0 Å². The third kappa shape index (κ3) is 3.06. The predicted molar refractivity (Wildman–Crippen MR) is 54.4 cm³/mol. The van der Waals surface area contributed by atoms with Crippen LogP contribution in [0.5, 0.6) is 0 Å². The molecule has 0 aliphatic carbocycles. The number of hydrogen-bond donors (Lipinski definition) is 2. The topological polar surface area (TPSA) is 75.4 Å². The lowest BCUT2D eigenvalue weighted by Crippen LogP contribution is -2.28.